The topological polar surface area (TPSA) is 74.5 Å². The van der Waals surface area contributed by atoms with Crippen molar-refractivity contribution in [3.63, 3.8) is 0 Å². The van der Waals surface area contributed by atoms with Gasteiger partial charge >= 0.3 is 0 Å². The predicted octanol–water partition coefficient (Wildman–Crippen LogP) is 1.77. The van der Waals surface area contributed by atoms with Gasteiger partial charge in [0.15, 0.2) is 5.76 Å². The van der Waals surface area contributed by atoms with E-state index in [1.807, 2.05) is 24.8 Å². The fourth-order valence-corrected chi connectivity index (χ4v) is 2.65. The summed E-state index contributed by atoms with van der Waals surface area (Å²) in [5.41, 5.74) is 0.931. The van der Waals surface area contributed by atoms with Crippen LogP contribution in [0.2, 0.25) is 0 Å². The van der Waals surface area contributed by atoms with Gasteiger partial charge in [0.25, 0.3) is 5.91 Å². The summed E-state index contributed by atoms with van der Waals surface area (Å²) in [4.78, 5) is 25.2. The second kappa shape index (κ2) is 6.68. The SMILES string of the molecule is CCNc1nc(C)cc(N2CCN(C(=O)c3ccco3)CC2)n1. The van der Waals surface area contributed by atoms with Gasteiger partial charge in [-0.15, -0.1) is 0 Å². The Morgan fingerprint density at radius 2 is 2.09 bits per heavy atom. The minimum absolute atomic E-state index is 0.0538. The molecule has 1 N–H and O–H groups in total. The molecule has 1 fully saturated rings. The molecule has 122 valence electrons. The van der Waals surface area contributed by atoms with Crippen LogP contribution in [0.3, 0.4) is 0 Å². The molecular weight excluding hydrogens is 294 g/mol. The first-order valence-corrected chi connectivity index (χ1v) is 7.84. The summed E-state index contributed by atoms with van der Waals surface area (Å²) >= 11 is 0. The summed E-state index contributed by atoms with van der Waals surface area (Å²) in [6.07, 6.45) is 1.52. The normalized spacial score (nSPS) is 14.9. The third kappa shape index (κ3) is 3.44. The molecule has 1 aliphatic rings. The lowest BCUT2D eigenvalue weighted by Crippen LogP contribution is -2.49. The Morgan fingerprint density at radius 3 is 2.74 bits per heavy atom. The van der Waals surface area contributed by atoms with Crippen LogP contribution in [-0.2, 0) is 0 Å². The molecular formula is C16H21N5O2. The number of hydrogen-bond acceptors (Lipinski definition) is 6. The van der Waals surface area contributed by atoms with Crippen molar-refractivity contribution in [1.29, 1.82) is 0 Å². The van der Waals surface area contributed by atoms with Gasteiger partial charge < -0.3 is 19.5 Å². The van der Waals surface area contributed by atoms with Gasteiger partial charge in [0.1, 0.15) is 5.82 Å². The van der Waals surface area contributed by atoms with E-state index in [2.05, 4.69) is 20.2 Å². The molecule has 0 bridgehead atoms. The molecule has 0 aromatic carbocycles. The van der Waals surface area contributed by atoms with Gasteiger partial charge in [-0.2, -0.15) is 4.98 Å². The first-order chi connectivity index (χ1) is 11.2. The van der Waals surface area contributed by atoms with Crippen LogP contribution in [0.25, 0.3) is 0 Å². The number of anilines is 2. The molecule has 2 aromatic heterocycles. The van der Waals surface area contributed by atoms with E-state index < -0.39 is 0 Å². The van der Waals surface area contributed by atoms with Crippen molar-refractivity contribution in [3.8, 4) is 0 Å². The molecule has 23 heavy (non-hydrogen) atoms. The van der Waals surface area contributed by atoms with Gasteiger partial charge in [0, 0.05) is 44.5 Å². The molecule has 3 heterocycles. The van der Waals surface area contributed by atoms with E-state index in [0.717, 1.165) is 31.1 Å². The fourth-order valence-electron chi connectivity index (χ4n) is 2.65. The molecule has 0 radical (unpaired) electrons. The summed E-state index contributed by atoms with van der Waals surface area (Å²) in [5.74, 6) is 1.89. The minimum Gasteiger partial charge on any atom is -0.459 e. The van der Waals surface area contributed by atoms with E-state index in [4.69, 9.17) is 4.42 Å². The van der Waals surface area contributed by atoms with Crippen molar-refractivity contribution in [1.82, 2.24) is 14.9 Å². The lowest BCUT2D eigenvalue weighted by molar-refractivity contribution is 0.0714. The second-order valence-electron chi connectivity index (χ2n) is 5.48. The first-order valence-electron chi connectivity index (χ1n) is 7.84. The average Bonchev–Trinajstić information content (AvgIpc) is 3.08. The number of piperazine rings is 1. The zero-order valence-electron chi connectivity index (χ0n) is 13.5. The van der Waals surface area contributed by atoms with E-state index >= 15 is 0 Å². The average molecular weight is 315 g/mol. The highest BCUT2D eigenvalue weighted by atomic mass is 16.3. The summed E-state index contributed by atoms with van der Waals surface area (Å²) in [6, 6.07) is 5.41. The van der Waals surface area contributed by atoms with Gasteiger partial charge in [-0.05, 0) is 26.0 Å². The zero-order chi connectivity index (χ0) is 16.2. The summed E-state index contributed by atoms with van der Waals surface area (Å²) in [7, 11) is 0. The number of furan rings is 1. The molecule has 0 unspecified atom stereocenters. The van der Waals surface area contributed by atoms with Gasteiger partial charge in [-0.25, -0.2) is 4.98 Å². The maximum atomic E-state index is 12.3. The molecule has 3 rings (SSSR count). The van der Waals surface area contributed by atoms with Gasteiger partial charge in [-0.3, -0.25) is 4.79 Å². The van der Waals surface area contributed by atoms with Crippen LogP contribution in [0.4, 0.5) is 11.8 Å². The summed E-state index contributed by atoms with van der Waals surface area (Å²) in [5, 5.41) is 3.15. The standard InChI is InChI=1S/C16H21N5O2/c1-3-17-16-18-12(2)11-14(19-16)20-6-8-21(9-7-20)15(22)13-5-4-10-23-13/h4-5,10-11H,3,6-9H2,1-2H3,(H,17,18,19). The van der Waals surface area contributed by atoms with E-state index in [9.17, 15) is 4.79 Å². The Balaban J connectivity index is 1.66. The number of aromatic nitrogens is 2. The highest BCUT2D eigenvalue weighted by Gasteiger charge is 2.24. The van der Waals surface area contributed by atoms with Crippen molar-refractivity contribution < 1.29 is 9.21 Å². The van der Waals surface area contributed by atoms with Crippen LogP contribution in [0, 0.1) is 6.92 Å². The van der Waals surface area contributed by atoms with E-state index in [1.165, 1.54) is 6.26 Å². The number of hydrogen-bond donors (Lipinski definition) is 1. The molecule has 0 aliphatic carbocycles. The van der Waals surface area contributed by atoms with Crippen LogP contribution in [-0.4, -0.2) is 53.5 Å². The Bertz CT molecular complexity index is 663. The molecule has 1 aliphatic heterocycles. The van der Waals surface area contributed by atoms with Crippen LogP contribution >= 0.6 is 0 Å². The molecule has 7 nitrogen and oxygen atoms in total. The highest BCUT2D eigenvalue weighted by molar-refractivity contribution is 5.91. The van der Waals surface area contributed by atoms with E-state index in [0.29, 0.717) is 24.8 Å². The monoisotopic (exact) mass is 315 g/mol. The Kier molecular flexibility index (Phi) is 4.45. The van der Waals surface area contributed by atoms with Gasteiger partial charge in [0.05, 0.1) is 6.26 Å². The van der Waals surface area contributed by atoms with Crippen molar-refractivity contribution in [2.45, 2.75) is 13.8 Å². The predicted molar refractivity (Wildman–Crippen MR) is 87.8 cm³/mol. The minimum atomic E-state index is -0.0538. The van der Waals surface area contributed by atoms with Gasteiger partial charge in [0.2, 0.25) is 5.95 Å². The number of aryl methyl sites for hydroxylation is 1. The number of rotatable bonds is 4. The van der Waals surface area contributed by atoms with Crippen LogP contribution < -0.4 is 10.2 Å². The molecule has 0 spiro atoms. The molecule has 2 aromatic rings. The Hall–Kier alpha value is -2.57. The third-order valence-electron chi connectivity index (χ3n) is 3.80. The molecule has 0 atom stereocenters. The lowest BCUT2D eigenvalue weighted by Gasteiger charge is -2.35. The number of amides is 1. The fraction of sp³-hybridized carbons (Fsp3) is 0.438. The van der Waals surface area contributed by atoms with Crippen LogP contribution in [0.5, 0.6) is 0 Å². The number of nitrogens with one attached hydrogen (secondary N) is 1. The van der Waals surface area contributed by atoms with Gasteiger partial charge in [-0.1, -0.05) is 0 Å². The number of carbonyl (C=O) groups excluding carboxylic acids is 1. The summed E-state index contributed by atoms with van der Waals surface area (Å²) < 4.78 is 5.18. The highest BCUT2D eigenvalue weighted by Crippen LogP contribution is 2.18. The lowest BCUT2D eigenvalue weighted by atomic mass is 10.2. The quantitative estimate of drug-likeness (QED) is 0.927. The summed E-state index contributed by atoms with van der Waals surface area (Å²) in [6.45, 7) is 7.56. The molecule has 1 saturated heterocycles. The smallest absolute Gasteiger partial charge is 0.289 e. The Morgan fingerprint density at radius 1 is 1.30 bits per heavy atom. The first kappa shape index (κ1) is 15.3. The second-order valence-corrected chi connectivity index (χ2v) is 5.48. The third-order valence-corrected chi connectivity index (χ3v) is 3.80. The van der Waals surface area contributed by atoms with E-state index in [-0.39, 0.29) is 5.91 Å². The zero-order valence-corrected chi connectivity index (χ0v) is 13.5. The number of nitrogens with zero attached hydrogens (tertiary/aromatic N) is 4. The van der Waals surface area contributed by atoms with E-state index in [1.54, 1.807) is 12.1 Å². The Labute approximate surface area is 135 Å². The maximum absolute atomic E-state index is 12.3. The molecule has 0 saturated carbocycles. The maximum Gasteiger partial charge on any atom is 0.289 e. The molecule has 1 amide bonds. The van der Waals surface area contributed by atoms with Crippen molar-refractivity contribution in [2.75, 3.05) is 42.9 Å². The largest absolute Gasteiger partial charge is 0.459 e. The number of carbonyl (C=O) groups is 1. The van der Waals surface area contributed by atoms with Crippen molar-refractivity contribution in [3.05, 3.63) is 35.9 Å². The van der Waals surface area contributed by atoms with Crippen LogP contribution in [0.15, 0.2) is 28.9 Å². The van der Waals surface area contributed by atoms with Crippen LogP contribution in [0.1, 0.15) is 23.2 Å². The van der Waals surface area contributed by atoms with Crippen molar-refractivity contribution in [2.24, 2.45) is 0 Å². The van der Waals surface area contributed by atoms with Crippen molar-refractivity contribution >= 4 is 17.7 Å². The molecule has 7 heteroatoms.